The molecule has 27 heavy (non-hydrogen) atoms. The summed E-state index contributed by atoms with van der Waals surface area (Å²) in [5.74, 6) is 2.01. The van der Waals surface area contributed by atoms with Crippen LogP contribution in [0.25, 0.3) is 0 Å². The maximum atomic E-state index is 12.7. The minimum atomic E-state index is 0.201. The van der Waals surface area contributed by atoms with Crippen molar-refractivity contribution >= 4 is 17.5 Å². The summed E-state index contributed by atoms with van der Waals surface area (Å²) in [5, 5.41) is 0.625. The molecule has 0 saturated carbocycles. The van der Waals surface area contributed by atoms with E-state index >= 15 is 0 Å². The first-order chi connectivity index (χ1) is 13.2. The maximum absolute atomic E-state index is 12.7. The van der Waals surface area contributed by atoms with E-state index in [0.717, 1.165) is 76.1 Å². The van der Waals surface area contributed by atoms with Gasteiger partial charge in [0.25, 0.3) is 0 Å². The Balaban J connectivity index is 1.33. The van der Waals surface area contributed by atoms with Crippen LogP contribution < -0.4 is 9.47 Å². The standard InChI is InChI=1S/C21H29ClN2O3/c22-18-13-16(14-19-20(18)27-12-4-11-26-19)15-23-9-5-17(6-10-23)21(25)24-7-2-1-3-8-24/h13-14,17H,1-12,15H2. The number of benzene rings is 1. The van der Waals surface area contributed by atoms with Gasteiger partial charge in [0.2, 0.25) is 5.91 Å². The number of ether oxygens (including phenoxy) is 2. The van der Waals surface area contributed by atoms with Crippen LogP contribution in [0.5, 0.6) is 11.5 Å². The molecule has 0 N–H and O–H groups in total. The molecule has 4 rings (SSSR count). The van der Waals surface area contributed by atoms with Gasteiger partial charge in [-0.25, -0.2) is 0 Å². The van der Waals surface area contributed by atoms with E-state index in [-0.39, 0.29) is 5.92 Å². The van der Waals surface area contributed by atoms with Gasteiger partial charge in [0.15, 0.2) is 11.5 Å². The van der Waals surface area contributed by atoms with Gasteiger partial charge < -0.3 is 14.4 Å². The van der Waals surface area contributed by atoms with E-state index in [1.807, 2.05) is 6.07 Å². The van der Waals surface area contributed by atoms with Crippen LogP contribution in [-0.4, -0.2) is 55.1 Å². The number of piperidine rings is 2. The summed E-state index contributed by atoms with van der Waals surface area (Å²) < 4.78 is 11.5. The fourth-order valence-corrected chi connectivity index (χ4v) is 4.63. The second-order valence-corrected chi connectivity index (χ2v) is 8.30. The van der Waals surface area contributed by atoms with Crippen molar-refractivity contribution in [1.82, 2.24) is 9.80 Å². The lowest BCUT2D eigenvalue weighted by molar-refractivity contribution is -0.138. The van der Waals surface area contributed by atoms with Gasteiger partial charge in [0, 0.05) is 32.0 Å². The molecule has 0 radical (unpaired) electrons. The molecule has 0 bridgehead atoms. The van der Waals surface area contributed by atoms with Crippen molar-refractivity contribution in [1.29, 1.82) is 0 Å². The number of halogens is 1. The van der Waals surface area contributed by atoms with E-state index in [4.69, 9.17) is 21.1 Å². The average Bonchev–Trinajstić information content (AvgIpc) is 2.95. The number of carbonyl (C=O) groups excluding carboxylic acids is 1. The first-order valence-corrected chi connectivity index (χ1v) is 10.7. The highest BCUT2D eigenvalue weighted by atomic mass is 35.5. The molecule has 2 fully saturated rings. The van der Waals surface area contributed by atoms with E-state index in [2.05, 4.69) is 15.9 Å². The zero-order chi connectivity index (χ0) is 18.6. The highest BCUT2D eigenvalue weighted by Crippen LogP contribution is 2.38. The van der Waals surface area contributed by atoms with Gasteiger partial charge in [-0.1, -0.05) is 11.6 Å². The number of carbonyl (C=O) groups is 1. The van der Waals surface area contributed by atoms with Crippen molar-refractivity contribution in [2.45, 2.75) is 45.1 Å². The summed E-state index contributed by atoms with van der Waals surface area (Å²) in [6.07, 6.45) is 6.37. The van der Waals surface area contributed by atoms with Crippen molar-refractivity contribution in [2.75, 3.05) is 39.4 Å². The zero-order valence-electron chi connectivity index (χ0n) is 15.9. The fourth-order valence-electron chi connectivity index (χ4n) is 4.34. The smallest absolute Gasteiger partial charge is 0.225 e. The van der Waals surface area contributed by atoms with Crippen LogP contribution in [0.3, 0.4) is 0 Å². The van der Waals surface area contributed by atoms with Crippen LogP contribution in [-0.2, 0) is 11.3 Å². The quantitative estimate of drug-likeness (QED) is 0.786. The fraction of sp³-hybridized carbons (Fsp3) is 0.667. The van der Waals surface area contributed by atoms with Crippen molar-refractivity contribution in [2.24, 2.45) is 5.92 Å². The van der Waals surface area contributed by atoms with Gasteiger partial charge in [-0.05, 0) is 62.9 Å². The van der Waals surface area contributed by atoms with Crippen molar-refractivity contribution < 1.29 is 14.3 Å². The van der Waals surface area contributed by atoms with Gasteiger partial charge in [-0.2, -0.15) is 0 Å². The molecule has 0 aliphatic carbocycles. The Morgan fingerprint density at radius 3 is 2.52 bits per heavy atom. The van der Waals surface area contributed by atoms with Gasteiger partial charge in [-0.15, -0.1) is 0 Å². The van der Waals surface area contributed by atoms with Crippen molar-refractivity contribution in [3.8, 4) is 11.5 Å². The van der Waals surface area contributed by atoms with Crippen molar-refractivity contribution in [3.63, 3.8) is 0 Å². The number of hydrogen-bond acceptors (Lipinski definition) is 4. The zero-order valence-corrected chi connectivity index (χ0v) is 16.7. The highest BCUT2D eigenvalue weighted by molar-refractivity contribution is 6.32. The summed E-state index contributed by atoms with van der Waals surface area (Å²) in [7, 11) is 0. The Labute approximate surface area is 166 Å². The minimum absolute atomic E-state index is 0.201. The molecule has 6 heteroatoms. The third-order valence-corrected chi connectivity index (χ3v) is 6.15. The molecular weight excluding hydrogens is 364 g/mol. The van der Waals surface area contributed by atoms with Gasteiger partial charge >= 0.3 is 0 Å². The summed E-state index contributed by atoms with van der Waals surface area (Å²) in [6, 6.07) is 4.04. The van der Waals surface area contributed by atoms with Crippen LogP contribution in [0.15, 0.2) is 12.1 Å². The predicted octanol–water partition coefficient (Wildman–Crippen LogP) is 3.73. The summed E-state index contributed by atoms with van der Waals surface area (Å²) >= 11 is 6.41. The lowest BCUT2D eigenvalue weighted by Crippen LogP contribution is -2.44. The van der Waals surface area contributed by atoms with Gasteiger partial charge in [0.05, 0.1) is 18.2 Å². The maximum Gasteiger partial charge on any atom is 0.225 e. The van der Waals surface area contributed by atoms with Crippen LogP contribution in [0.1, 0.15) is 44.1 Å². The third-order valence-electron chi connectivity index (χ3n) is 5.87. The molecule has 1 aromatic rings. The Morgan fingerprint density at radius 1 is 1.00 bits per heavy atom. The number of rotatable bonds is 3. The van der Waals surface area contributed by atoms with Crippen LogP contribution in [0.4, 0.5) is 0 Å². The lowest BCUT2D eigenvalue weighted by atomic mass is 9.94. The Morgan fingerprint density at radius 2 is 1.74 bits per heavy atom. The number of hydrogen-bond donors (Lipinski definition) is 0. The summed E-state index contributed by atoms with van der Waals surface area (Å²) in [4.78, 5) is 17.2. The summed E-state index contributed by atoms with van der Waals surface area (Å²) in [5.41, 5.74) is 1.14. The SMILES string of the molecule is O=C(C1CCN(Cc2cc(Cl)c3c(c2)OCCCO3)CC1)N1CCCCC1. The molecule has 0 unspecified atom stereocenters. The first kappa shape index (κ1) is 18.9. The number of amides is 1. The lowest BCUT2D eigenvalue weighted by Gasteiger charge is -2.35. The number of likely N-dealkylation sites (tertiary alicyclic amines) is 2. The highest BCUT2D eigenvalue weighted by Gasteiger charge is 2.29. The van der Waals surface area contributed by atoms with E-state index in [0.29, 0.717) is 29.9 Å². The first-order valence-electron chi connectivity index (χ1n) is 10.3. The molecule has 0 aromatic heterocycles. The summed E-state index contributed by atoms with van der Waals surface area (Å²) in [6.45, 7) is 5.96. The van der Waals surface area contributed by atoms with E-state index in [1.165, 1.54) is 6.42 Å². The van der Waals surface area contributed by atoms with Crippen LogP contribution >= 0.6 is 11.6 Å². The number of fused-ring (bicyclic) bond motifs is 1. The van der Waals surface area contributed by atoms with E-state index in [9.17, 15) is 4.79 Å². The average molecular weight is 393 g/mol. The molecule has 3 heterocycles. The number of nitrogens with zero attached hydrogens (tertiary/aromatic N) is 2. The Bertz CT molecular complexity index is 668. The topological polar surface area (TPSA) is 42.0 Å². The molecule has 5 nitrogen and oxygen atoms in total. The van der Waals surface area contributed by atoms with Crippen LogP contribution in [0, 0.1) is 5.92 Å². The normalized spacial score (nSPS) is 21.7. The molecule has 3 aliphatic rings. The molecule has 1 aromatic carbocycles. The molecule has 148 valence electrons. The van der Waals surface area contributed by atoms with Gasteiger partial charge in [0.1, 0.15) is 0 Å². The molecule has 0 atom stereocenters. The minimum Gasteiger partial charge on any atom is -0.489 e. The largest absolute Gasteiger partial charge is 0.489 e. The molecule has 0 spiro atoms. The third kappa shape index (κ3) is 4.52. The predicted molar refractivity (Wildman–Crippen MR) is 105 cm³/mol. The molecule has 3 aliphatic heterocycles. The monoisotopic (exact) mass is 392 g/mol. The van der Waals surface area contributed by atoms with Gasteiger partial charge in [-0.3, -0.25) is 9.69 Å². The Kier molecular flexibility index (Phi) is 6.08. The Hall–Kier alpha value is -1.46. The molecular formula is C21H29ClN2O3. The van der Waals surface area contributed by atoms with Crippen molar-refractivity contribution in [3.05, 3.63) is 22.7 Å². The second-order valence-electron chi connectivity index (χ2n) is 7.89. The molecule has 2 saturated heterocycles. The molecule has 1 amide bonds. The van der Waals surface area contributed by atoms with Crippen LogP contribution in [0.2, 0.25) is 5.02 Å². The van der Waals surface area contributed by atoms with E-state index in [1.54, 1.807) is 0 Å². The van der Waals surface area contributed by atoms with E-state index < -0.39 is 0 Å². The second kappa shape index (κ2) is 8.70.